The molecule has 16 aliphatic carbocycles. The lowest BCUT2D eigenvalue weighted by Crippen LogP contribution is -2.50. The first kappa shape index (κ1) is 38.6. The lowest BCUT2D eigenvalue weighted by molar-refractivity contribution is -0.00973. The summed E-state index contributed by atoms with van der Waals surface area (Å²) in [6.45, 7) is 0. The van der Waals surface area contributed by atoms with Gasteiger partial charge in [0.25, 0.3) is 0 Å². The number of phenolic OH excluding ortho intramolecular Hbond substituents is 2. The van der Waals surface area contributed by atoms with Gasteiger partial charge in [-0.3, -0.25) is 0 Å². The molecule has 0 unspecified atom stereocenters. The number of phenols is 2. The predicted molar refractivity (Wildman–Crippen MR) is 251 cm³/mol. The Balaban J connectivity index is 0.933. The van der Waals surface area contributed by atoms with Crippen LogP contribution < -0.4 is 20.9 Å². The summed E-state index contributed by atoms with van der Waals surface area (Å²) >= 11 is 0. The van der Waals surface area contributed by atoms with E-state index in [9.17, 15) is 10.2 Å². The smallest absolute Gasteiger partial charge is 0.142 e. The average molecular weight is 861 g/mol. The number of aromatic hydroxyl groups is 2. The van der Waals surface area contributed by atoms with Crippen LogP contribution in [0.4, 0.5) is 11.4 Å². The SMILES string of the molecule is Nc1cc(C23CC4CC(CC(C4)C2)C3)c(Oc2cc(Oc3cc(O)c(N)cc3C34CC5CC(CC(C5)C3)C4)c(C34CC5CC(CC(C5)C3)C4)cc2C23CC4CC(CC(C4)C2)C3)cc1O. The van der Waals surface area contributed by atoms with E-state index in [4.69, 9.17) is 20.9 Å². The van der Waals surface area contributed by atoms with Gasteiger partial charge in [0.05, 0.1) is 11.4 Å². The van der Waals surface area contributed by atoms with Gasteiger partial charge in [0.15, 0.2) is 0 Å². The summed E-state index contributed by atoms with van der Waals surface area (Å²) in [7, 11) is 0. The van der Waals surface area contributed by atoms with Gasteiger partial charge in [-0.1, -0.05) is 0 Å². The quantitative estimate of drug-likeness (QED) is 0.133. The van der Waals surface area contributed by atoms with Gasteiger partial charge in [-0.25, -0.2) is 0 Å². The van der Waals surface area contributed by atoms with Crippen LogP contribution in [0.15, 0.2) is 36.4 Å². The van der Waals surface area contributed by atoms with Gasteiger partial charge >= 0.3 is 0 Å². The van der Waals surface area contributed by atoms with Crippen molar-refractivity contribution < 1.29 is 19.7 Å². The van der Waals surface area contributed by atoms with Gasteiger partial charge in [0, 0.05) is 40.5 Å². The Morgan fingerprint density at radius 2 is 0.516 bits per heavy atom. The molecule has 0 spiro atoms. The van der Waals surface area contributed by atoms with Crippen LogP contribution >= 0.6 is 0 Å². The van der Waals surface area contributed by atoms with Gasteiger partial charge in [-0.05, 0) is 265 Å². The minimum Gasteiger partial charge on any atom is -0.506 e. The van der Waals surface area contributed by atoms with Crippen LogP contribution in [-0.4, -0.2) is 10.2 Å². The zero-order chi connectivity index (χ0) is 42.5. The van der Waals surface area contributed by atoms with Crippen LogP contribution in [0.25, 0.3) is 0 Å². The third-order valence-electron chi connectivity index (χ3n) is 22.2. The fraction of sp³-hybridized carbons (Fsp3) is 0.690. The van der Waals surface area contributed by atoms with Crippen molar-refractivity contribution >= 4 is 11.4 Å². The molecule has 338 valence electrons. The summed E-state index contributed by atoms with van der Waals surface area (Å²) < 4.78 is 15.4. The first-order chi connectivity index (χ1) is 30.9. The Kier molecular flexibility index (Phi) is 7.90. The molecule has 0 aromatic heterocycles. The second-order valence-electron chi connectivity index (χ2n) is 26.7. The summed E-state index contributed by atoms with van der Waals surface area (Å²) in [5.41, 5.74) is 19.9. The van der Waals surface area contributed by atoms with E-state index in [-0.39, 0.29) is 33.2 Å². The lowest BCUT2D eigenvalue weighted by atomic mass is 9.46. The summed E-state index contributed by atoms with van der Waals surface area (Å²) in [5, 5.41) is 23.0. The highest BCUT2D eigenvalue weighted by Gasteiger charge is 2.58. The van der Waals surface area contributed by atoms with Crippen molar-refractivity contribution in [3.63, 3.8) is 0 Å². The molecule has 0 radical (unpaired) electrons. The van der Waals surface area contributed by atoms with Gasteiger partial charge in [0.2, 0.25) is 0 Å². The number of anilines is 2. The number of ether oxygens (including phenoxy) is 2. The van der Waals surface area contributed by atoms with Crippen LogP contribution in [0.2, 0.25) is 0 Å². The largest absolute Gasteiger partial charge is 0.506 e. The zero-order valence-electron chi connectivity index (χ0n) is 38.2. The van der Waals surface area contributed by atoms with Crippen LogP contribution in [0.1, 0.15) is 176 Å². The molecule has 16 aliphatic rings. The Morgan fingerprint density at radius 3 is 0.750 bits per heavy atom. The molecule has 64 heavy (non-hydrogen) atoms. The third-order valence-corrected chi connectivity index (χ3v) is 22.2. The minimum absolute atomic E-state index is 0.0411. The summed E-state index contributed by atoms with van der Waals surface area (Å²) in [6.07, 6.45) is 31.4. The van der Waals surface area contributed by atoms with Gasteiger partial charge in [-0.2, -0.15) is 0 Å². The monoisotopic (exact) mass is 861 g/mol. The lowest BCUT2D eigenvalue weighted by Gasteiger charge is -2.59. The Hall–Kier alpha value is -3.54. The van der Waals surface area contributed by atoms with Crippen molar-refractivity contribution in [1.82, 2.24) is 0 Å². The fourth-order valence-electron chi connectivity index (χ4n) is 21.7. The van der Waals surface area contributed by atoms with Gasteiger partial charge < -0.3 is 31.2 Å². The Bertz CT molecular complexity index is 2160. The van der Waals surface area contributed by atoms with E-state index < -0.39 is 0 Å². The Morgan fingerprint density at radius 1 is 0.312 bits per heavy atom. The van der Waals surface area contributed by atoms with Gasteiger partial charge in [-0.15, -0.1) is 0 Å². The molecule has 16 bridgehead atoms. The predicted octanol–water partition coefficient (Wildman–Crippen LogP) is 13.7. The molecule has 16 fully saturated rings. The molecule has 19 rings (SSSR count). The van der Waals surface area contributed by atoms with E-state index >= 15 is 0 Å². The average Bonchev–Trinajstić information content (AvgIpc) is 3.21. The molecule has 3 aromatic rings. The maximum atomic E-state index is 11.5. The molecule has 0 amide bonds. The highest BCUT2D eigenvalue weighted by molar-refractivity contribution is 5.65. The van der Waals surface area contributed by atoms with Crippen LogP contribution in [-0.2, 0) is 21.7 Å². The maximum Gasteiger partial charge on any atom is 0.142 e. The molecule has 3 aromatic carbocycles. The fourth-order valence-corrected chi connectivity index (χ4v) is 21.7. The number of hydrogen-bond donors (Lipinski definition) is 4. The second kappa shape index (κ2) is 13.1. The first-order valence-corrected chi connectivity index (χ1v) is 26.7. The number of nitrogens with two attached hydrogens (primary N) is 2. The van der Waals surface area contributed by atoms with E-state index in [1.165, 1.54) is 176 Å². The first-order valence-electron chi connectivity index (χ1n) is 26.7. The normalized spacial score (nSPS) is 45.8. The highest BCUT2D eigenvalue weighted by Crippen LogP contribution is 2.69. The number of benzene rings is 3. The van der Waals surface area contributed by atoms with Crippen molar-refractivity contribution in [2.45, 2.75) is 176 Å². The molecular weight excluding hydrogens is 789 g/mol. The number of nitrogen functional groups attached to an aromatic ring is 2. The van der Waals surface area contributed by atoms with E-state index in [2.05, 4.69) is 24.3 Å². The van der Waals surface area contributed by atoms with E-state index in [0.29, 0.717) is 11.4 Å². The van der Waals surface area contributed by atoms with E-state index in [1.807, 2.05) is 12.1 Å². The second-order valence-corrected chi connectivity index (χ2v) is 26.7. The molecule has 6 N–H and O–H groups in total. The molecule has 0 atom stereocenters. The summed E-state index contributed by atoms with van der Waals surface area (Å²) in [5.74, 6) is 13.2. The third kappa shape index (κ3) is 5.67. The van der Waals surface area contributed by atoms with Crippen molar-refractivity contribution in [2.75, 3.05) is 11.5 Å². The van der Waals surface area contributed by atoms with Crippen molar-refractivity contribution in [2.24, 2.45) is 71.0 Å². The standard InChI is InChI=1S/C58H72N2O4/c59-47-14-45(57-25-37-7-38(26-57)9-39(8-37)27-57)51(16-49(47)61)63-53-18-54(64-52-17-50(62)48(60)15-46(52)58-28-40-10-41(29-58)12-42(11-40)30-58)44(56-22-34-4-35(23-56)6-36(5-34)24-56)13-43(53)55-19-31-1-32(20-55)3-33(2-31)21-55/h13-18,31-42,61-62H,1-12,19-30,59-60H2. The maximum absolute atomic E-state index is 11.5. The van der Waals surface area contributed by atoms with Gasteiger partial charge in [0.1, 0.15) is 34.5 Å². The minimum atomic E-state index is 0.0411. The molecular formula is C58H72N2O4. The number of rotatable bonds is 8. The molecule has 16 saturated carbocycles. The van der Waals surface area contributed by atoms with Crippen molar-refractivity contribution in [3.8, 4) is 34.5 Å². The van der Waals surface area contributed by atoms with Crippen molar-refractivity contribution in [1.29, 1.82) is 0 Å². The molecule has 0 aliphatic heterocycles. The van der Waals surface area contributed by atoms with Crippen LogP contribution in [0.5, 0.6) is 34.5 Å². The number of hydrogen-bond acceptors (Lipinski definition) is 6. The zero-order valence-corrected chi connectivity index (χ0v) is 38.2. The van der Waals surface area contributed by atoms with Crippen LogP contribution in [0, 0.1) is 71.0 Å². The summed E-state index contributed by atoms with van der Waals surface area (Å²) in [6, 6.07) is 13.1. The Labute approximate surface area is 381 Å². The van der Waals surface area contributed by atoms with E-state index in [0.717, 1.165) is 94.0 Å². The van der Waals surface area contributed by atoms with Crippen molar-refractivity contribution in [3.05, 3.63) is 58.7 Å². The van der Waals surface area contributed by atoms with Crippen LogP contribution in [0.3, 0.4) is 0 Å². The van der Waals surface area contributed by atoms with E-state index in [1.54, 1.807) is 0 Å². The molecule has 6 nitrogen and oxygen atoms in total. The molecule has 6 heteroatoms. The molecule has 0 saturated heterocycles. The molecule has 0 heterocycles. The highest BCUT2D eigenvalue weighted by atomic mass is 16.5. The topological polar surface area (TPSA) is 111 Å². The summed E-state index contributed by atoms with van der Waals surface area (Å²) in [4.78, 5) is 0.